The molecule has 2 rings (SSSR count). The van der Waals surface area contributed by atoms with Crippen molar-refractivity contribution < 1.29 is 4.79 Å². The van der Waals surface area contributed by atoms with E-state index in [1.807, 2.05) is 0 Å². The van der Waals surface area contributed by atoms with Crippen molar-refractivity contribution in [1.82, 2.24) is 9.55 Å². The molecule has 0 fully saturated rings. The zero-order valence-electron chi connectivity index (χ0n) is 9.96. The summed E-state index contributed by atoms with van der Waals surface area (Å²) in [5.41, 5.74) is 1.26. The van der Waals surface area contributed by atoms with Gasteiger partial charge in [0.1, 0.15) is 0 Å². The summed E-state index contributed by atoms with van der Waals surface area (Å²) in [6.07, 6.45) is 4.84. The summed E-state index contributed by atoms with van der Waals surface area (Å²) >= 11 is 0. The van der Waals surface area contributed by atoms with Gasteiger partial charge in [0.05, 0.1) is 6.20 Å². The lowest BCUT2D eigenvalue weighted by Gasteiger charge is -2.07. The number of hydrogen-bond donors (Lipinski definition) is 1. The van der Waals surface area contributed by atoms with Crippen molar-refractivity contribution in [3.63, 3.8) is 0 Å². The van der Waals surface area contributed by atoms with Crippen LogP contribution in [0.1, 0.15) is 13.3 Å². The average molecular weight is 243 g/mol. The number of aromatic nitrogens is 2. The number of nitrogens with one attached hydrogen (secondary N) is 1. The van der Waals surface area contributed by atoms with Crippen LogP contribution in [-0.2, 0) is 4.79 Å². The monoisotopic (exact) mass is 243 g/mol. The standard InChI is InChI=1S/C13H13N3O2/c1-2-12(17)15-10-3-5-11(6-4-10)16-8-7-14-9-13(16)18/h3-9H,2H2,1H3,(H,15,17). The van der Waals surface area contributed by atoms with Gasteiger partial charge in [0.15, 0.2) is 0 Å². The van der Waals surface area contributed by atoms with Crippen molar-refractivity contribution in [2.24, 2.45) is 0 Å². The lowest BCUT2D eigenvalue weighted by molar-refractivity contribution is -0.115. The molecule has 0 aliphatic heterocycles. The quantitative estimate of drug-likeness (QED) is 0.890. The summed E-state index contributed by atoms with van der Waals surface area (Å²) < 4.78 is 1.48. The topological polar surface area (TPSA) is 64.0 Å². The number of benzene rings is 1. The first-order valence-electron chi connectivity index (χ1n) is 5.63. The molecule has 0 aliphatic carbocycles. The molecule has 92 valence electrons. The smallest absolute Gasteiger partial charge is 0.273 e. The van der Waals surface area contributed by atoms with E-state index < -0.39 is 0 Å². The summed E-state index contributed by atoms with van der Waals surface area (Å²) in [6, 6.07) is 7.06. The van der Waals surface area contributed by atoms with Gasteiger partial charge in [0, 0.05) is 30.2 Å². The number of hydrogen-bond acceptors (Lipinski definition) is 3. The molecule has 1 heterocycles. The van der Waals surface area contributed by atoms with Crippen LogP contribution in [0.4, 0.5) is 5.69 Å². The largest absolute Gasteiger partial charge is 0.326 e. The molecule has 5 nitrogen and oxygen atoms in total. The molecule has 0 radical (unpaired) electrons. The van der Waals surface area contributed by atoms with E-state index in [9.17, 15) is 9.59 Å². The van der Waals surface area contributed by atoms with Crippen molar-refractivity contribution >= 4 is 11.6 Å². The lowest BCUT2D eigenvalue weighted by atomic mass is 10.2. The molecule has 0 atom stereocenters. The van der Waals surface area contributed by atoms with Crippen LogP contribution >= 0.6 is 0 Å². The highest BCUT2D eigenvalue weighted by Gasteiger charge is 2.01. The van der Waals surface area contributed by atoms with Crippen LogP contribution in [0, 0.1) is 0 Å². The highest BCUT2D eigenvalue weighted by atomic mass is 16.1. The maximum Gasteiger partial charge on any atom is 0.273 e. The Morgan fingerprint density at radius 2 is 2.06 bits per heavy atom. The number of nitrogens with zero attached hydrogens (tertiary/aromatic N) is 2. The van der Waals surface area contributed by atoms with Gasteiger partial charge in [-0.3, -0.25) is 19.1 Å². The van der Waals surface area contributed by atoms with Gasteiger partial charge in [-0.2, -0.15) is 0 Å². The fourth-order valence-electron chi connectivity index (χ4n) is 1.52. The SMILES string of the molecule is CCC(=O)Nc1ccc(-n2ccncc2=O)cc1. The molecule has 0 spiro atoms. The van der Waals surface area contributed by atoms with Crippen LogP contribution in [0.2, 0.25) is 0 Å². The van der Waals surface area contributed by atoms with Crippen molar-refractivity contribution in [3.8, 4) is 5.69 Å². The minimum atomic E-state index is -0.192. The van der Waals surface area contributed by atoms with Gasteiger partial charge in [-0.05, 0) is 24.3 Å². The summed E-state index contributed by atoms with van der Waals surface area (Å²) in [5, 5.41) is 2.75. The van der Waals surface area contributed by atoms with Crippen LogP contribution in [0.3, 0.4) is 0 Å². The molecule has 1 aromatic carbocycles. The number of rotatable bonds is 3. The second-order valence-electron chi connectivity index (χ2n) is 3.73. The van der Waals surface area contributed by atoms with Gasteiger partial charge >= 0.3 is 0 Å². The molecule has 18 heavy (non-hydrogen) atoms. The summed E-state index contributed by atoms with van der Waals surface area (Å²) in [6.45, 7) is 1.79. The zero-order chi connectivity index (χ0) is 13.0. The molecule has 1 N–H and O–H groups in total. The fourth-order valence-corrected chi connectivity index (χ4v) is 1.52. The second-order valence-corrected chi connectivity index (χ2v) is 3.73. The Morgan fingerprint density at radius 1 is 1.33 bits per heavy atom. The van der Waals surface area contributed by atoms with Gasteiger partial charge < -0.3 is 5.32 Å². The van der Waals surface area contributed by atoms with Gasteiger partial charge in [-0.1, -0.05) is 6.92 Å². The van der Waals surface area contributed by atoms with E-state index in [4.69, 9.17) is 0 Å². The van der Waals surface area contributed by atoms with E-state index in [1.54, 1.807) is 43.6 Å². The maximum atomic E-state index is 11.6. The Hall–Kier alpha value is -2.43. The Morgan fingerprint density at radius 3 is 2.67 bits per heavy atom. The zero-order valence-corrected chi connectivity index (χ0v) is 9.96. The second kappa shape index (κ2) is 5.27. The first-order valence-corrected chi connectivity index (χ1v) is 5.63. The van der Waals surface area contributed by atoms with Crippen LogP contribution in [0.5, 0.6) is 0 Å². The van der Waals surface area contributed by atoms with E-state index in [0.29, 0.717) is 12.1 Å². The minimum absolute atomic E-state index is 0.0381. The predicted molar refractivity (Wildman–Crippen MR) is 68.8 cm³/mol. The molecule has 0 aliphatic rings. The van der Waals surface area contributed by atoms with Gasteiger partial charge in [0.25, 0.3) is 5.56 Å². The van der Waals surface area contributed by atoms with Crippen molar-refractivity contribution in [1.29, 1.82) is 0 Å². The Kier molecular flexibility index (Phi) is 3.52. The Balaban J connectivity index is 2.25. The van der Waals surface area contributed by atoms with Gasteiger partial charge in [-0.15, -0.1) is 0 Å². The molecule has 1 aromatic heterocycles. The third kappa shape index (κ3) is 2.63. The molecular weight excluding hydrogens is 230 g/mol. The van der Waals surface area contributed by atoms with E-state index in [1.165, 1.54) is 10.8 Å². The molecule has 5 heteroatoms. The molecule has 1 amide bonds. The number of amides is 1. The Labute approximate surface area is 104 Å². The lowest BCUT2D eigenvalue weighted by Crippen LogP contribution is -2.16. The van der Waals surface area contributed by atoms with Crippen LogP contribution in [0.25, 0.3) is 5.69 Å². The fraction of sp³-hybridized carbons (Fsp3) is 0.154. The predicted octanol–water partition coefficient (Wildman–Crippen LogP) is 1.58. The molecule has 2 aromatic rings. The van der Waals surface area contributed by atoms with Crippen LogP contribution in [-0.4, -0.2) is 15.5 Å². The molecular formula is C13H13N3O2. The number of anilines is 1. The van der Waals surface area contributed by atoms with E-state index in [-0.39, 0.29) is 11.5 Å². The molecule has 0 bridgehead atoms. The summed E-state index contributed by atoms with van der Waals surface area (Å²) in [5.74, 6) is -0.0381. The van der Waals surface area contributed by atoms with Crippen molar-refractivity contribution in [2.75, 3.05) is 5.32 Å². The van der Waals surface area contributed by atoms with Crippen LogP contribution < -0.4 is 10.9 Å². The molecule has 0 saturated carbocycles. The third-order valence-corrected chi connectivity index (χ3v) is 2.47. The highest BCUT2D eigenvalue weighted by molar-refractivity contribution is 5.90. The van der Waals surface area contributed by atoms with E-state index in [2.05, 4.69) is 10.3 Å². The number of carbonyl (C=O) groups excluding carboxylic acids is 1. The Bertz CT molecular complexity index is 602. The van der Waals surface area contributed by atoms with E-state index in [0.717, 1.165) is 5.69 Å². The average Bonchev–Trinajstić information content (AvgIpc) is 2.40. The normalized spacial score (nSPS) is 10.1. The third-order valence-electron chi connectivity index (χ3n) is 2.47. The van der Waals surface area contributed by atoms with Crippen molar-refractivity contribution in [2.45, 2.75) is 13.3 Å². The summed E-state index contributed by atoms with van der Waals surface area (Å²) in [7, 11) is 0. The molecule has 0 unspecified atom stereocenters. The first kappa shape index (κ1) is 12.0. The number of carbonyl (C=O) groups is 1. The summed E-state index contributed by atoms with van der Waals surface area (Å²) in [4.78, 5) is 26.5. The van der Waals surface area contributed by atoms with Crippen LogP contribution in [0.15, 0.2) is 47.7 Å². The maximum absolute atomic E-state index is 11.6. The highest BCUT2D eigenvalue weighted by Crippen LogP contribution is 2.11. The van der Waals surface area contributed by atoms with Crippen molar-refractivity contribution in [3.05, 3.63) is 53.2 Å². The van der Waals surface area contributed by atoms with Gasteiger partial charge in [-0.25, -0.2) is 0 Å². The first-order chi connectivity index (χ1) is 8.70. The van der Waals surface area contributed by atoms with E-state index >= 15 is 0 Å². The van der Waals surface area contributed by atoms with Gasteiger partial charge in [0.2, 0.25) is 5.91 Å². The molecule has 0 saturated heterocycles. The minimum Gasteiger partial charge on any atom is -0.326 e.